The number of fused-ring (bicyclic) bond motifs is 4. The second-order valence-corrected chi connectivity index (χ2v) is 14.1. The van der Waals surface area contributed by atoms with Crippen molar-refractivity contribution < 1.29 is 0 Å². The van der Waals surface area contributed by atoms with Crippen LogP contribution in [-0.2, 0) is 25.7 Å². The average molecular weight is 519 g/mol. The lowest BCUT2D eigenvalue weighted by atomic mass is 9.70. The van der Waals surface area contributed by atoms with Crippen LogP contribution in [0.15, 0.2) is 84.9 Å². The fourth-order valence-corrected chi connectivity index (χ4v) is 8.79. The highest BCUT2D eigenvalue weighted by Crippen LogP contribution is 2.56. The van der Waals surface area contributed by atoms with Gasteiger partial charge >= 0.3 is 0 Å². The Balaban J connectivity index is 1.31. The lowest BCUT2D eigenvalue weighted by Gasteiger charge is -2.33. The van der Waals surface area contributed by atoms with Crippen molar-refractivity contribution in [2.45, 2.75) is 65.2 Å². The van der Waals surface area contributed by atoms with Gasteiger partial charge in [0, 0.05) is 11.8 Å². The molecular weight excluding hydrogens is 480 g/mol. The van der Waals surface area contributed by atoms with Crippen molar-refractivity contribution in [1.29, 1.82) is 0 Å². The Labute approximate surface area is 239 Å². The molecule has 2 unspecified atom stereocenters. The minimum Gasteiger partial charge on any atom is -0.0795 e. The average Bonchev–Trinajstić information content (AvgIpc) is 3.67. The fourth-order valence-electron chi connectivity index (χ4n) is 8.79. The standard InChI is InChI=1S/C40H38/c1-39(2)23-29-19-25-11-9-13-27(25)21-35(29)37(39)33-17-7-5-15-31(33)32-16-6-8-18-34(32)38-36-22-28-14-10-12-26(28)20-30(36)24-40(38,3)4/h5-10,13-22,37-38H,11-12,23-24H2,1-4H3. The van der Waals surface area contributed by atoms with Crippen LogP contribution in [0.25, 0.3) is 23.3 Å². The zero-order valence-electron chi connectivity index (χ0n) is 24.2. The largest absolute Gasteiger partial charge is 0.0795 e. The zero-order valence-corrected chi connectivity index (χ0v) is 24.2. The summed E-state index contributed by atoms with van der Waals surface area (Å²) in [5.41, 5.74) is 18.1. The van der Waals surface area contributed by atoms with Gasteiger partial charge in [0.15, 0.2) is 0 Å². The molecule has 0 nitrogen and oxygen atoms in total. The number of benzene rings is 4. The summed E-state index contributed by atoms with van der Waals surface area (Å²) >= 11 is 0. The van der Waals surface area contributed by atoms with Gasteiger partial charge in [0.2, 0.25) is 0 Å². The Morgan fingerprint density at radius 3 is 1.38 bits per heavy atom. The van der Waals surface area contributed by atoms with E-state index < -0.39 is 0 Å². The summed E-state index contributed by atoms with van der Waals surface area (Å²) in [6, 6.07) is 28.7. The Morgan fingerprint density at radius 1 is 0.500 bits per heavy atom. The quantitative estimate of drug-likeness (QED) is 0.253. The van der Waals surface area contributed by atoms with Gasteiger partial charge < -0.3 is 0 Å². The van der Waals surface area contributed by atoms with E-state index in [2.05, 4.69) is 125 Å². The lowest BCUT2D eigenvalue weighted by Crippen LogP contribution is -2.21. The van der Waals surface area contributed by atoms with Crippen LogP contribution in [0.2, 0.25) is 0 Å². The van der Waals surface area contributed by atoms with Crippen molar-refractivity contribution in [3.05, 3.63) is 141 Å². The number of allylic oxidation sites excluding steroid dienone is 2. The third-order valence-corrected chi connectivity index (χ3v) is 10.4. The van der Waals surface area contributed by atoms with Gasteiger partial charge in [-0.2, -0.15) is 0 Å². The lowest BCUT2D eigenvalue weighted by molar-refractivity contribution is 0.345. The molecule has 0 heteroatoms. The highest BCUT2D eigenvalue weighted by atomic mass is 14.5. The van der Waals surface area contributed by atoms with Gasteiger partial charge in [0.1, 0.15) is 0 Å². The van der Waals surface area contributed by atoms with Gasteiger partial charge in [-0.25, -0.2) is 0 Å². The van der Waals surface area contributed by atoms with E-state index in [0.29, 0.717) is 11.8 Å². The van der Waals surface area contributed by atoms with Crippen LogP contribution < -0.4 is 0 Å². The van der Waals surface area contributed by atoms with Crippen LogP contribution in [0, 0.1) is 10.8 Å². The SMILES string of the molecule is CC1(C)Cc2cc3c(cc2C1c1ccccc1-c1ccccc1C1c2cc4c(cc2CC1(C)C)CC=C4)C=CC3. The molecule has 0 saturated carbocycles. The third kappa shape index (κ3) is 3.51. The third-order valence-electron chi connectivity index (χ3n) is 10.4. The summed E-state index contributed by atoms with van der Waals surface area (Å²) in [5.74, 6) is 0.756. The summed E-state index contributed by atoms with van der Waals surface area (Å²) in [4.78, 5) is 0. The van der Waals surface area contributed by atoms with Crippen molar-refractivity contribution in [1.82, 2.24) is 0 Å². The van der Waals surface area contributed by atoms with Crippen molar-refractivity contribution in [2.75, 3.05) is 0 Å². The maximum Gasteiger partial charge on any atom is 0.0153 e. The zero-order chi connectivity index (χ0) is 27.2. The fraction of sp³-hybridized carbons (Fsp3) is 0.300. The first-order chi connectivity index (χ1) is 19.3. The van der Waals surface area contributed by atoms with Crippen LogP contribution in [0.3, 0.4) is 0 Å². The minimum atomic E-state index is 0.165. The van der Waals surface area contributed by atoms with Gasteiger partial charge in [-0.1, -0.05) is 125 Å². The number of rotatable bonds is 3. The molecular formula is C40H38. The van der Waals surface area contributed by atoms with E-state index in [4.69, 9.17) is 0 Å². The Kier molecular flexibility index (Phi) is 5.10. The summed E-state index contributed by atoms with van der Waals surface area (Å²) in [6.45, 7) is 9.91. The number of hydrogen-bond acceptors (Lipinski definition) is 0. The first-order valence-electron chi connectivity index (χ1n) is 15.1. The molecule has 0 amide bonds. The van der Waals surface area contributed by atoms with Gasteiger partial charge in [-0.3, -0.25) is 0 Å². The summed E-state index contributed by atoms with van der Waals surface area (Å²) in [6.07, 6.45) is 13.7. The van der Waals surface area contributed by atoms with E-state index in [0.717, 1.165) is 25.7 Å². The maximum atomic E-state index is 2.51. The normalized spacial score (nSPS) is 22.3. The van der Waals surface area contributed by atoms with E-state index in [1.54, 1.807) is 11.1 Å². The summed E-state index contributed by atoms with van der Waals surface area (Å²) in [5, 5.41) is 0. The molecule has 0 aliphatic heterocycles. The monoisotopic (exact) mass is 518 g/mol. The molecule has 4 aromatic carbocycles. The molecule has 0 bridgehead atoms. The van der Waals surface area contributed by atoms with Crippen molar-refractivity contribution in [3.63, 3.8) is 0 Å². The van der Waals surface area contributed by atoms with Crippen LogP contribution in [-0.4, -0.2) is 0 Å². The highest BCUT2D eigenvalue weighted by Gasteiger charge is 2.44. The van der Waals surface area contributed by atoms with E-state index in [-0.39, 0.29) is 10.8 Å². The molecule has 4 aliphatic carbocycles. The van der Waals surface area contributed by atoms with Crippen LogP contribution in [0.1, 0.15) is 95.2 Å². The summed E-state index contributed by atoms with van der Waals surface area (Å²) < 4.78 is 0. The molecule has 0 aromatic heterocycles. The molecule has 40 heavy (non-hydrogen) atoms. The molecule has 8 rings (SSSR count). The van der Waals surface area contributed by atoms with Crippen LogP contribution >= 0.6 is 0 Å². The van der Waals surface area contributed by atoms with Gasteiger partial charge in [-0.05, 0) is 103 Å². The molecule has 0 spiro atoms. The minimum absolute atomic E-state index is 0.165. The van der Waals surface area contributed by atoms with Crippen molar-refractivity contribution >= 4 is 12.2 Å². The molecule has 4 aliphatic rings. The Bertz CT molecular complexity index is 1620. The first-order valence-corrected chi connectivity index (χ1v) is 15.1. The second-order valence-electron chi connectivity index (χ2n) is 14.1. The molecule has 0 fully saturated rings. The molecule has 2 atom stereocenters. The Hall–Kier alpha value is -3.64. The predicted molar refractivity (Wildman–Crippen MR) is 169 cm³/mol. The van der Waals surface area contributed by atoms with Crippen LogP contribution in [0.5, 0.6) is 0 Å². The van der Waals surface area contributed by atoms with Gasteiger partial charge in [-0.15, -0.1) is 0 Å². The topological polar surface area (TPSA) is 0 Å². The van der Waals surface area contributed by atoms with E-state index >= 15 is 0 Å². The van der Waals surface area contributed by atoms with E-state index in [9.17, 15) is 0 Å². The van der Waals surface area contributed by atoms with Gasteiger partial charge in [0.25, 0.3) is 0 Å². The number of hydrogen-bond donors (Lipinski definition) is 0. The smallest absolute Gasteiger partial charge is 0.0153 e. The van der Waals surface area contributed by atoms with E-state index in [1.165, 1.54) is 55.6 Å². The van der Waals surface area contributed by atoms with Crippen molar-refractivity contribution in [3.8, 4) is 11.1 Å². The molecule has 198 valence electrons. The van der Waals surface area contributed by atoms with E-state index in [1.807, 2.05) is 0 Å². The molecule has 0 radical (unpaired) electrons. The Morgan fingerprint density at radius 2 is 0.925 bits per heavy atom. The summed E-state index contributed by atoms with van der Waals surface area (Å²) in [7, 11) is 0. The first kappa shape index (κ1) is 24.2. The van der Waals surface area contributed by atoms with Crippen LogP contribution in [0.4, 0.5) is 0 Å². The maximum absolute atomic E-state index is 2.51. The molecule has 0 N–H and O–H groups in total. The predicted octanol–water partition coefficient (Wildman–Crippen LogP) is 9.92. The highest BCUT2D eigenvalue weighted by molar-refractivity contribution is 5.76. The van der Waals surface area contributed by atoms with Crippen molar-refractivity contribution in [2.24, 2.45) is 10.8 Å². The molecule has 0 saturated heterocycles. The molecule has 0 heterocycles. The second kappa shape index (κ2) is 8.43. The van der Waals surface area contributed by atoms with Gasteiger partial charge in [0.05, 0.1) is 0 Å². The molecule has 4 aromatic rings.